The van der Waals surface area contributed by atoms with Crippen LogP contribution in [0, 0.1) is 0 Å². The highest BCUT2D eigenvalue weighted by atomic mass is 35.5. The van der Waals surface area contributed by atoms with Gasteiger partial charge in [0.2, 0.25) is 11.8 Å². The van der Waals surface area contributed by atoms with Gasteiger partial charge in [0.15, 0.2) is 0 Å². The summed E-state index contributed by atoms with van der Waals surface area (Å²) >= 11 is 5.49. The summed E-state index contributed by atoms with van der Waals surface area (Å²) in [4.78, 5) is 24.6. The van der Waals surface area contributed by atoms with Crippen molar-refractivity contribution in [2.75, 3.05) is 19.5 Å². The highest BCUT2D eigenvalue weighted by Gasteiger charge is 2.32. The van der Waals surface area contributed by atoms with Gasteiger partial charge < -0.3 is 10.2 Å². The molecule has 0 aromatic rings. The zero-order valence-corrected chi connectivity index (χ0v) is 9.01. The lowest BCUT2D eigenvalue weighted by Crippen LogP contribution is -2.44. The Bertz CT molecular complexity index is 233. The molecule has 4 nitrogen and oxygen atoms in total. The van der Waals surface area contributed by atoms with Gasteiger partial charge in [-0.05, 0) is 12.8 Å². The molecule has 1 saturated heterocycles. The highest BCUT2D eigenvalue weighted by molar-refractivity contribution is 6.19. The summed E-state index contributed by atoms with van der Waals surface area (Å²) in [5, 5.41) is 2.57. The van der Waals surface area contributed by atoms with Gasteiger partial charge in [-0.25, -0.2) is 0 Å². The van der Waals surface area contributed by atoms with E-state index in [0.717, 1.165) is 12.8 Å². The minimum atomic E-state index is -0.282. The monoisotopic (exact) mass is 218 g/mol. The van der Waals surface area contributed by atoms with Gasteiger partial charge in [0.1, 0.15) is 6.04 Å². The van der Waals surface area contributed by atoms with E-state index in [4.69, 9.17) is 11.6 Å². The number of nitrogens with one attached hydrogen (secondary N) is 1. The fourth-order valence-corrected chi connectivity index (χ4v) is 1.89. The maximum atomic E-state index is 11.5. The molecule has 14 heavy (non-hydrogen) atoms. The van der Waals surface area contributed by atoms with Crippen molar-refractivity contribution >= 4 is 23.4 Å². The van der Waals surface area contributed by atoms with Crippen LogP contribution in [-0.2, 0) is 9.59 Å². The van der Waals surface area contributed by atoms with E-state index in [2.05, 4.69) is 5.32 Å². The molecule has 1 heterocycles. The fraction of sp³-hybridized carbons (Fsp3) is 0.778. The third-order valence-corrected chi connectivity index (χ3v) is 2.62. The Morgan fingerprint density at radius 1 is 1.57 bits per heavy atom. The Hall–Kier alpha value is -0.770. The Morgan fingerprint density at radius 2 is 2.29 bits per heavy atom. The van der Waals surface area contributed by atoms with Crippen molar-refractivity contribution < 1.29 is 9.59 Å². The third kappa shape index (κ3) is 2.38. The summed E-state index contributed by atoms with van der Waals surface area (Å²) in [6, 6.07) is -0.282. The largest absolute Gasteiger partial charge is 0.357 e. The number of likely N-dealkylation sites (tertiary alicyclic amines) is 1. The van der Waals surface area contributed by atoms with E-state index >= 15 is 0 Å². The van der Waals surface area contributed by atoms with Crippen LogP contribution in [0.2, 0.25) is 0 Å². The predicted octanol–water partition coefficient (Wildman–Crippen LogP) is 0.352. The van der Waals surface area contributed by atoms with Crippen LogP contribution in [0.3, 0.4) is 0 Å². The number of rotatable bonds is 3. The summed E-state index contributed by atoms with van der Waals surface area (Å²) < 4.78 is 0. The molecule has 1 aliphatic rings. The van der Waals surface area contributed by atoms with Crippen LogP contribution in [0.5, 0.6) is 0 Å². The summed E-state index contributed by atoms with van der Waals surface area (Å²) in [7, 11) is 1.59. The first-order chi connectivity index (χ1) is 6.70. The van der Waals surface area contributed by atoms with Gasteiger partial charge in [0.05, 0.1) is 0 Å². The molecule has 1 unspecified atom stereocenters. The SMILES string of the molecule is CNC(=O)C1CCCN1C(=O)CCCl. The van der Waals surface area contributed by atoms with Crippen molar-refractivity contribution in [3.63, 3.8) is 0 Å². The minimum absolute atomic E-state index is 0.0221. The molecule has 0 bridgehead atoms. The summed E-state index contributed by atoms with van der Waals surface area (Å²) in [6.45, 7) is 0.674. The Morgan fingerprint density at radius 3 is 2.86 bits per heavy atom. The van der Waals surface area contributed by atoms with Gasteiger partial charge >= 0.3 is 0 Å². The van der Waals surface area contributed by atoms with Gasteiger partial charge in [0.25, 0.3) is 0 Å². The molecule has 0 saturated carbocycles. The van der Waals surface area contributed by atoms with Crippen LogP contribution >= 0.6 is 11.6 Å². The Balaban J connectivity index is 2.59. The highest BCUT2D eigenvalue weighted by Crippen LogP contribution is 2.18. The van der Waals surface area contributed by atoms with Crippen molar-refractivity contribution in [2.24, 2.45) is 0 Å². The molecular weight excluding hydrogens is 204 g/mol. The molecule has 1 N–H and O–H groups in total. The van der Waals surface area contributed by atoms with Crippen molar-refractivity contribution in [1.82, 2.24) is 10.2 Å². The number of nitrogens with zero attached hydrogens (tertiary/aromatic N) is 1. The van der Waals surface area contributed by atoms with Gasteiger partial charge in [-0.3, -0.25) is 9.59 Å². The predicted molar refractivity (Wildman–Crippen MR) is 54.1 cm³/mol. The van der Waals surface area contributed by atoms with Crippen molar-refractivity contribution in [3.05, 3.63) is 0 Å². The number of carbonyl (C=O) groups is 2. The molecule has 0 aromatic carbocycles. The zero-order chi connectivity index (χ0) is 10.6. The lowest BCUT2D eigenvalue weighted by molar-refractivity contribution is -0.137. The summed E-state index contributed by atoms with van der Waals surface area (Å²) in [5.74, 6) is 0.215. The quantitative estimate of drug-likeness (QED) is 0.696. The van der Waals surface area contributed by atoms with Gasteiger partial charge in [0, 0.05) is 25.9 Å². The Kier molecular flexibility index (Phi) is 4.20. The van der Waals surface area contributed by atoms with E-state index in [1.807, 2.05) is 0 Å². The van der Waals surface area contributed by atoms with E-state index in [0.29, 0.717) is 18.8 Å². The lowest BCUT2D eigenvalue weighted by Gasteiger charge is -2.22. The maximum Gasteiger partial charge on any atom is 0.242 e. The number of hydrogen-bond donors (Lipinski definition) is 1. The normalized spacial score (nSPS) is 21.0. The molecule has 5 heteroatoms. The van der Waals surface area contributed by atoms with Crippen LogP contribution in [0.1, 0.15) is 19.3 Å². The molecule has 0 spiro atoms. The number of amides is 2. The smallest absolute Gasteiger partial charge is 0.242 e. The second-order valence-corrected chi connectivity index (χ2v) is 3.68. The van der Waals surface area contributed by atoms with E-state index in [1.54, 1.807) is 11.9 Å². The van der Waals surface area contributed by atoms with Crippen LogP contribution in [0.4, 0.5) is 0 Å². The van der Waals surface area contributed by atoms with Gasteiger partial charge in [-0.1, -0.05) is 0 Å². The summed E-state index contributed by atoms with van der Waals surface area (Å²) in [5.41, 5.74) is 0. The van der Waals surface area contributed by atoms with E-state index in [9.17, 15) is 9.59 Å². The molecule has 1 aliphatic heterocycles. The fourth-order valence-electron chi connectivity index (χ4n) is 1.73. The molecular formula is C9H15ClN2O2. The van der Waals surface area contributed by atoms with Crippen LogP contribution in [0.25, 0.3) is 0 Å². The zero-order valence-electron chi connectivity index (χ0n) is 8.25. The van der Waals surface area contributed by atoms with Crippen molar-refractivity contribution in [2.45, 2.75) is 25.3 Å². The average molecular weight is 219 g/mol. The van der Waals surface area contributed by atoms with E-state index in [1.165, 1.54) is 0 Å². The van der Waals surface area contributed by atoms with Crippen LogP contribution in [0.15, 0.2) is 0 Å². The average Bonchev–Trinajstić information content (AvgIpc) is 2.65. The number of likely N-dealkylation sites (N-methyl/N-ethyl adjacent to an activating group) is 1. The van der Waals surface area contributed by atoms with Gasteiger partial charge in [-0.15, -0.1) is 11.6 Å². The topological polar surface area (TPSA) is 49.4 Å². The molecule has 0 aromatic heterocycles. The van der Waals surface area contributed by atoms with E-state index < -0.39 is 0 Å². The third-order valence-electron chi connectivity index (χ3n) is 2.43. The molecule has 1 fully saturated rings. The van der Waals surface area contributed by atoms with Crippen molar-refractivity contribution in [1.29, 1.82) is 0 Å². The van der Waals surface area contributed by atoms with Crippen molar-refractivity contribution in [3.8, 4) is 0 Å². The summed E-state index contributed by atoms with van der Waals surface area (Å²) in [6.07, 6.45) is 1.97. The molecule has 2 amide bonds. The standard InChI is InChI=1S/C9H15ClN2O2/c1-11-9(14)7-3-2-6-12(7)8(13)4-5-10/h7H,2-6H2,1H3,(H,11,14). The molecule has 1 atom stereocenters. The first-order valence-corrected chi connectivity index (χ1v) is 5.31. The Labute approximate surface area is 88.6 Å². The van der Waals surface area contributed by atoms with Crippen LogP contribution in [-0.4, -0.2) is 42.2 Å². The van der Waals surface area contributed by atoms with E-state index in [-0.39, 0.29) is 17.9 Å². The second kappa shape index (κ2) is 5.20. The first-order valence-electron chi connectivity index (χ1n) is 4.77. The minimum Gasteiger partial charge on any atom is -0.357 e. The molecule has 0 radical (unpaired) electrons. The first kappa shape index (κ1) is 11.3. The number of carbonyl (C=O) groups excluding carboxylic acids is 2. The lowest BCUT2D eigenvalue weighted by atomic mass is 10.2. The number of hydrogen-bond acceptors (Lipinski definition) is 2. The second-order valence-electron chi connectivity index (χ2n) is 3.30. The number of halogens is 1. The number of alkyl halides is 1. The molecule has 0 aliphatic carbocycles. The molecule has 80 valence electrons. The van der Waals surface area contributed by atoms with Crippen LogP contribution < -0.4 is 5.32 Å². The molecule has 1 rings (SSSR count). The van der Waals surface area contributed by atoms with Gasteiger partial charge in [-0.2, -0.15) is 0 Å². The maximum absolute atomic E-state index is 11.5.